The molecule has 2 aromatic rings. The molecule has 0 aromatic heterocycles. The molecule has 0 bridgehead atoms. The number of anilines is 2. The smallest absolute Gasteiger partial charge is 0.262 e. The van der Waals surface area contributed by atoms with E-state index >= 15 is 0 Å². The second-order valence-corrected chi connectivity index (χ2v) is 9.30. The van der Waals surface area contributed by atoms with Crippen molar-refractivity contribution in [1.29, 1.82) is 0 Å². The number of benzene rings is 2. The van der Waals surface area contributed by atoms with Gasteiger partial charge in [0.25, 0.3) is 5.91 Å². The van der Waals surface area contributed by atoms with Crippen molar-refractivity contribution in [3.05, 3.63) is 42.0 Å². The highest BCUT2D eigenvalue weighted by Crippen LogP contribution is 2.36. The highest BCUT2D eigenvalue weighted by Gasteiger charge is 2.40. The summed E-state index contributed by atoms with van der Waals surface area (Å²) >= 11 is 0. The Bertz CT molecular complexity index is 1150. The Morgan fingerprint density at radius 3 is 2.87 bits per heavy atom. The SMILES string of the molecule is COc1cccc(NC(=O)[C@H]2CCCN2S(=O)(=O)c2cc3c(cc2C)NC(=O)CO3)c1. The van der Waals surface area contributed by atoms with Crippen molar-refractivity contribution >= 4 is 33.2 Å². The lowest BCUT2D eigenvalue weighted by atomic mass is 10.2. The number of nitrogens with zero attached hydrogens (tertiary/aromatic N) is 1. The van der Waals surface area contributed by atoms with Crippen molar-refractivity contribution in [2.45, 2.75) is 30.7 Å². The van der Waals surface area contributed by atoms with Gasteiger partial charge < -0.3 is 20.1 Å². The fraction of sp³-hybridized carbons (Fsp3) is 0.333. The maximum Gasteiger partial charge on any atom is 0.262 e. The predicted molar refractivity (Wildman–Crippen MR) is 114 cm³/mol. The summed E-state index contributed by atoms with van der Waals surface area (Å²) in [5.74, 6) is 0.190. The van der Waals surface area contributed by atoms with Crippen LogP contribution in [0.4, 0.5) is 11.4 Å². The summed E-state index contributed by atoms with van der Waals surface area (Å²) in [6, 6.07) is 9.04. The molecule has 2 heterocycles. The molecule has 10 heteroatoms. The maximum atomic E-state index is 13.5. The monoisotopic (exact) mass is 445 g/mol. The first-order chi connectivity index (χ1) is 14.8. The molecule has 164 valence electrons. The van der Waals surface area contributed by atoms with Gasteiger partial charge in [0, 0.05) is 24.4 Å². The minimum Gasteiger partial charge on any atom is -0.497 e. The van der Waals surface area contributed by atoms with Gasteiger partial charge in [-0.1, -0.05) is 6.07 Å². The summed E-state index contributed by atoms with van der Waals surface area (Å²) in [6.07, 6.45) is 0.998. The molecule has 2 amide bonds. The number of hydrogen-bond donors (Lipinski definition) is 2. The van der Waals surface area contributed by atoms with Crippen LogP contribution in [-0.4, -0.2) is 50.8 Å². The molecule has 2 aliphatic rings. The van der Waals surface area contributed by atoms with Crippen LogP contribution in [0.25, 0.3) is 0 Å². The number of fused-ring (bicyclic) bond motifs is 1. The standard InChI is InChI=1S/C21H23N3O6S/c1-13-9-16-18(30-12-20(25)23-16)11-19(13)31(27,28)24-8-4-7-17(24)21(26)22-14-5-3-6-15(10-14)29-2/h3,5-6,9-11,17H,4,7-8,12H2,1-2H3,(H,22,26)(H,23,25)/t17-/m1/s1. The maximum absolute atomic E-state index is 13.5. The Kier molecular flexibility index (Phi) is 5.59. The second-order valence-electron chi connectivity index (χ2n) is 7.45. The zero-order chi connectivity index (χ0) is 22.2. The van der Waals surface area contributed by atoms with E-state index in [0.717, 1.165) is 0 Å². The van der Waals surface area contributed by atoms with Gasteiger partial charge in [-0.15, -0.1) is 0 Å². The third-order valence-electron chi connectivity index (χ3n) is 5.34. The summed E-state index contributed by atoms with van der Waals surface area (Å²) in [6.45, 7) is 1.72. The Morgan fingerprint density at radius 2 is 2.10 bits per heavy atom. The molecular weight excluding hydrogens is 422 g/mol. The third-order valence-corrected chi connectivity index (χ3v) is 7.39. The molecule has 4 rings (SSSR count). The molecule has 2 aliphatic heterocycles. The van der Waals surface area contributed by atoms with Crippen LogP contribution in [0.2, 0.25) is 0 Å². The molecule has 1 atom stereocenters. The van der Waals surface area contributed by atoms with Crippen LogP contribution in [-0.2, 0) is 19.6 Å². The molecule has 0 radical (unpaired) electrons. The minimum atomic E-state index is -3.96. The number of carbonyl (C=O) groups excluding carboxylic acids is 2. The van der Waals surface area contributed by atoms with Gasteiger partial charge in [0.2, 0.25) is 15.9 Å². The summed E-state index contributed by atoms with van der Waals surface area (Å²) in [7, 11) is -2.43. The van der Waals surface area contributed by atoms with Crippen LogP contribution in [0.15, 0.2) is 41.3 Å². The van der Waals surface area contributed by atoms with Crippen LogP contribution in [0.5, 0.6) is 11.5 Å². The van der Waals surface area contributed by atoms with Gasteiger partial charge in [-0.2, -0.15) is 4.31 Å². The Labute approximate surface area is 180 Å². The van der Waals surface area contributed by atoms with E-state index in [1.54, 1.807) is 37.3 Å². The van der Waals surface area contributed by atoms with Gasteiger partial charge in [-0.25, -0.2) is 8.42 Å². The lowest BCUT2D eigenvalue weighted by Crippen LogP contribution is -2.43. The number of methoxy groups -OCH3 is 1. The van der Waals surface area contributed by atoms with Gasteiger partial charge in [0.15, 0.2) is 6.61 Å². The van der Waals surface area contributed by atoms with Gasteiger partial charge in [0.05, 0.1) is 17.7 Å². The van der Waals surface area contributed by atoms with Crippen molar-refractivity contribution in [1.82, 2.24) is 4.31 Å². The topological polar surface area (TPSA) is 114 Å². The molecule has 31 heavy (non-hydrogen) atoms. The van der Waals surface area contributed by atoms with Crippen LogP contribution >= 0.6 is 0 Å². The van der Waals surface area contributed by atoms with Gasteiger partial charge >= 0.3 is 0 Å². The van der Waals surface area contributed by atoms with Crippen molar-refractivity contribution < 1.29 is 27.5 Å². The molecule has 0 saturated carbocycles. The van der Waals surface area contributed by atoms with Gasteiger partial charge in [-0.05, 0) is 43.5 Å². The molecule has 0 unspecified atom stereocenters. The number of aryl methyl sites for hydroxylation is 1. The molecule has 0 aliphatic carbocycles. The van der Waals surface area contributed by atoms with Crippen molar-refractivity contribution in [3.8, 4) is 11.5 Å². The van der Waals surface area contributed by atoms with Gasteiger partial charge in [0.1, 0.15) is 17.5 Å². The summed E-state index contributed by atoms with van der Waals surface area (Å²) < 4.78 is 38.7. The lowest BCUT2D eigenvalue weighted by molar-refractivity contribution is -0.119. The number of carbonyl (C=O) groups is 2. The zero-order valence-corrected chi connectivity index (χ0v) is 18.0. The van der Waals surface area contributed by atoms with Crippen molar-refractivity contribution in [2.75, 3.05) is 30.9 Å². The van der Waals surface area contributed by atoms with E-state index in [4.69, 9.17) is 9.47 Å². The van der Waals surface area contributed by atoms with Crippen molar-refractivity contribution in [3.63, 3.8) is 0 Å². The molecule has 1 fully saturated rings. The molecule has 2 N–H and O–H groups in total. The first kappa shape index (κ1) is 21.1. The van der Waals surface area contributed by atoms with Gasteiger partial charge in [-0.3, -0.25) is 9.59 Å². The van der Waals surface area contributed by atoms with E-state index in [2.05, 4.69) is 10.6 Å². The van der Waals surface area contributed by atoms with Crippen LogP contribution in [0.1, 0.15) is 18.4 Å². The zero-order valence-electron chi connectivity index (χ0n) is 17.2. The third kappa shape index (κ3) is 4.08. The summed E-state index contributed by atoms with van der Waals surface area (Å²) in [4.78, 5) is 24.5. The van der Waals surface area contributed by atoms with E-state index in [1.165, 1.54) is 17.5 Å². The summed E-state index contributed by atoms with van der Waals surface area (Å²) in [5, 5.41) is 5.45. The molecule has 2 aromatic carbocycles. The quantitative estimate of drug-likeness (QED) is 0.729. The van der Waals surface area contributed by atoms with Crippen LogP contribution in [0.3, 0.4) is 0 Å². The first-order valence-corrected chi connectivity index (χ1v) is 11.3. The number of sulfonamides is 1. The van der Waals surface area contributed by atoms with Crippen LogP contribution < -0.4 is 20.1 Å². The normalized spacial score (nSPS) is 18.6. The fourth-order valence-electron chi connectivity index (χ4n) is 3.84. The number of ether oxygens (including phenoxy) is 2. The van der Waals surface area contributed by atoms with E-state index in [-0.39, 0.29) is 24.0 Å². The van der Waals surface area contributed by atoms with Crippen LogP contribution in [0, 0.1) is 6.92 Å². The van der Waals surface area contributed by atoms with E-state index < -0.39 is 22.0 Å². The molecular formula is C21H23N3O6S. The minimum absolute atomic E-state index is 0.0588. The Morgan fingerprint density at radius 1 is 1.29 bits per heavy atom. The summed E-state index contributed by atoms with van der Waals surface area (Å²) in [5.41, 5.74) is 1.42. The Balaban J connectivity index is 1.60. The lowest BCUT2D eigenvalue weighted by Gasteiger charge is -2.26. The second kappa shape index (κ2) is 8.20. The molecule has 0 spiro atoms. The molecule has 1 saturated heterocycles. The highest BCUT2D eigenvalue weighted by atomic mass is 32.2. The largest absolute Gasteiger partial charge is 0.497 e. The van der Waals surface area contributed by atoms with E-state index in [0.29, 0.717) is 41.3 Å². The average molecular weight is 445 g/mol. The number of amides is 2. The van der Waals surface area contributed by atoms with E-state index in [9.17, 15) is 18.0 Å². The highest BCUT2D eigenvalue weighted by molar-refractivity contribution is 7.89. The molecule has 9 nitrogen and oxygen atoms in total. The number of hydrogen-bond acceptors (Lipinski definition) is 6. The number of nitrogens with one attached hydrogen (secondary N) is 2. The Hall–Kier alpha value is -3.11. The van der Waals surface area contributed by atoms with E-state index in [1.807, 2.05) is 0 Å². The fourth-order valence-corrected chi connectivity index (χ4v) is 5.72. The average Bonchev–Trinajstić information content (AvgIpc) is 3.24. The first-order valence-electron chi connectivity index (χ1n) is 9.83. The predicted octanol–water partition coefficient (Wildman–Crippen LogP) is 2.13. The van der Waals surface area contributed by atoms with Crippen molar-refractivity contribution in [2.24, 2.45) is 0 Å². The number of rotatable bonds is 5.